The van der Waals surface area contributed by atoms with Crippen molar-refractivity contribution in [1.82, 2.24) is 9.78 Å². The molecule has 1 aromatic heterocycles. The number of carbonyl (C=O) groups excluding carboxylic acids is 1. The van der Waals surface area contributed by atoms with Crippen molar-refractivity contribution in [2.45, 2.75) is 26.0 Å². The summed E-state index contributed by atoms with van der Waals surface area (Å²) < 4.78 is 44.4. The Balaban J connectivity index is 1.37. The second-order valence-corrected chi connectivity index (χ2v) is 11.7. The number of sulfone groups is 1. The van der Waals surface area contributed by atoms with E-state index in [1.165, 1.54) is 29.3 Å². The molecule has 3 aromatic carbocycles. The summed E-state index contributed by atoms with van der Waals surface area (Å²) in [4.78, 5) is 13.4. The van der Waals surface area contributed by atoms with Crippen LogP contribution in [-0.4, -0.2) is 30.2 Å². The van der Waals surface area contributed by atoms with Crippen molar-refractivity contribution in [3.05, 3.63) is 106 Å². The molecule has 0 amide bonds. The van der Waals surface area contributed by atoms with Crippen LogP contribution in [0.5, 0.6) is 11.5 Å². The van der Waals surface area contributed by atoms with Crippen molar-refractivity contribution in [2.24, 2.45) is 0 Å². The number of carbonyl (C=O) groups is 1. The minimum absolute atomic E-state index is 0.0411. The van der Waals surface area contributed by atoms with Crippen molar-refractivity contribution in [3.63, 3.8) is 0 Å². The zero-order valence-electron chi connectivity index (χ0n) is 21.2. The van der Waals surface area contributed by atoms with Crippen LogP contribution in [0.2, 0.25) is 0 Å². The van der Waals surface area contributed by atoms with Crippen LogP contribution >= 0.6 is 0 Å². The highest BCUT2D eigenvalue weighted by Crippen LogP contribution is 2.33. The number of halogens is 1. The maximum absolute atomic E-state index is 13.5. The fraction of sp³-hybridized carbons (Fsp3) is 0.172. The molecule has 194 valence electrons. The zero-order chi connectivity index (χ0) is 27.2. The predicted molar refractivity (Wildman–Crippen MR) is 145 cm³/mol. The first-order chi connectivity index (χ1) is 18.0. The molecule has 0 fully saturated rings. The number of benzene rings is 3. The quantitative estimate of drug-likeness (QED) is 0.322. The van der Waals surface area contributed by atoms with Gasteiger partial charge in [-0.05, 0) is 78.1 Å². The fourth-order valence-corrected chi connectivity index (χ4v) is 5.47. The molecule has 0 saturated carbocycles. The summed E-state index contributed by atoms with van der Waals surface area (Å²) in [5, 5.41) is 4.35. The van der Waals surface area contributed by atoms with E-state index in [2.05, 4.69) is 5.10 Å². The average Bonchev–Trinajstić information content (AvgIpc) is 3.42. The number of hydrogen-bond acceptors (Lipinski definition) is 6. The minimum Gasteiger partial charge on any atom is -0.457 e. The number of aryl methyl sites for hydroxylation is 2. The van der Waals surface area contributed by atoms with Crippen LogP contribution in [-0.2, 0) is 22.0 Å². The molecule has 0 bridgehead atoms. The molecule has 4 aromatic rings. The summed E-state index contributed by atoms with van der Waals surface area (Å²) in [6.45, 7) is 3.72. The van der Waals surface area contributed by atoms with Gasteiger partial charge in [0.1, 0.15) is 23.1 Å². The Morgan fingerprint density at radius 2 is 1.89 bits per heavy atom. The van der Waals surface area contributed by atoms with E-state index in [1.807, 2.05) is 38.1 Å². The maximum Gasteiger partial charge on any atom is 0.194 e. The summed E-state index contributed by atoms with van der Waals surface area (Å²) in [6.07, 6.45) is 4.88. The van der Waals surface area contributed by atoms with Crippen LogP contribution in [0.3, 0.4) is 0 Å². The topological polar surface area (TPSA) is 104 Å². The Kier molecular flexibility index (Phi) is 6.40. The average molecular weight is 532 g/mol. The highest BCUT2D eigenvalue weighted by Gasteiger charge is 2.25. The summed E-state index contributed by atoms with van der Waals surface area (Å²) in [5.41, 5.74) is 12.1. The smallest absolute Gasteiger partial charge is 0.194 e. The number of hydrogen-bond donors (Lipinski definition) is 1. The molecule has 5 rings (SSSR count). The highest BCUT2D eigenvalue weighted by atomic mass is 32.2. The third-order valence-electron chi connectivity index (χ3n) is 6.50. The van der Waals surface area contributed by atoms with Gasteiger partial charge in [-0.25, -0.2) is 17.5 Å². The number of nitrogens with zero attached hydrogens (tertiary/aromatic N) is 2. The number of rotatable bonds is 7. The largest absolute Gasteiger partial charge is 0.457 e. The maximum atomic E-state index is 13.5. The molecule has 1 aliphatic rings. The van der Waals surface area contributed by atoms with Crippen LogP contribution in [0, 0.1) is 19.7 Å². The highest BCUT2D eigenvalue weighted by molar-refractivity contribution is 7.89. The SMILES string of the molecule is Cc1cc2c(cc1CS(C)(=O)=O)CC(C(=O)c1cnn(-c3ccc(Oc4cccc(F)c4)c(C)c3)c1N)=C2. The molecule has 1 heterocycles. The summed E-state index contributed by atoms with van der Waals surface area (Å²) >= 11 is 0. The van der Waals surface area contributed by atoms with Gasteiger partial charge in [-0.3, -0.25) is 4.79 Å². The minimum atomic E-state index is -3.18. The van der Waals surface area contributed by atoms with Crippen molar-refractivity contribution in [2.75, 3.05) is 12.0 Å². The molecule has 2 N–H and O–H groups in total. The standard InChI is InChI=1S/C29H26FN3O4S/c1-17-9-19-11-21(12-20(19)13-22(17)16-38(3,35)36)28(34)26-15-32-33(29(26)31)24-7-8-27(18(2)10-24)37-25-6-4-5-23(30)14-25/h4-11,13-15H,12,16,31H2,1-3H3. The van der Waals surface area contributed by atoms with E-state index in [1.54, 1.807) is 24.3 Å². The van der Waals surface area contributed by atoms with Gasteiger partial charge in [0, 0.05) is 24.3 Å². The number of ketones is 1. The monoisotopic (exact) mass is 531 g/mol. The number of aromatic nitrogens is 2. The van der Waals surface area contributed by atoms with Gasteiger partial charge >= 0.3 is 0 Å². The van der Waals surface area contributed by atoms with E-state index in [-0.39, 0.29) is 28.7 Å². The molecule has 0 unspecified atom stereocenters. The fourth-order valence-electron chi connectivity index (χ4n) is 4.59. The Morgan fingerprint density at radius 3 is 2.61 bits per heavy atom. The van der Waals surface area contributed by atoms with Gasteiger partial charge in [-0.2, -0.15) is 5.10 Å². The Bertz CT molecular complexity index is 1740. The number of ether oxygens (including phenoxy) is 1. The molecule has 0 saturated heterocycles. The van der Waals surface area contributed by atoms with Gasteiger partial charge in [-0.1, -0.05) is 18.2 Å². The molecule has 0 radical (unpaired) electrons. The van der Waals surface area contributed by atoms with E-state index in [9.17, 15) is 17.6 Å². The Hall–Kier alpha value is -4.24. The molecule has 0 atom stereocenters. The normalized spacial score (nSPS) is 12.8. The Morgan fingerprint density at radius 1 is 1.11 bits per heavy atom. The van der Waals surface area contributed by atoms with Crippen LogP contribution in [0.15, 0.2) is 66.4 Å². The third kappa shape index (κ3) is 5.10. The summed E-state index contributed by atoms with van der Waals surface area (Å²) in [5.74, 6) is 0.496. The third-order valence-corrected chi connectivity index (χ3v) is 7.33. The number of fused-ring (bicyclic) bond motifs is 1. The lowest BCUT2D eigenvalue weighted by atomic mass is 10.0. The lowest BCUT2D eigenvalue weighted by Crippen LogP contribution is -2.08. The van der Waals surface area contributed by atoms with Gasteiger partial charge in [0.05, 0.1) is 23.2 Å². The number of nitrogens with two attached hydrogens (primary N) is 1. The molecule has 0 aliphatic heterocycles. The first kappa shape index (κ1) is 25.4. The van der Waals surface area contributed by atoms with Crippen LogP contribution in [0.1, 0.15) is 38.2 Å². The van der Waals surface area contributed by atoms with Gasteiger partial charge in [0.25, 0.3) is 0 Å². The van der Waals surface area contributed by atoms with E-state index in [0.717, 1.165) is 27.8 Å². The number of anilines is 1. The molecular weight excluding hydrogens is 505 g/mol. The molecule has 9 heteroatoms. The van der Waals surface area contributed by atoms with E-state index < -0.39 is 9.84 Å². The van der Waals surface area contributed by atoms with E-state index in [4.69, 9.17) is 10.5 Å². The molecular formula is C29H26FN3O4S. The van der Waals surface area contributed by atoms with Crippen LogP contribution < -0.4 is 10.5 Å². The Labute approximate surface area is 220 Å². The first-order valence-electron chi connectivity index (χ1n) is 11.9. The first-order valence-corrected chi connectivity index (χ1v) is 14.0. The van der Waals surface area contributed by atoms with Crippen molar-refractivity contribution in [1.29, 1.82) is 0 Å². The van der Waals surface area contributed by atoms with Gasteiger partial charge in [0.2, 0.25) is 0 Å². The van der Waals surface area contributed by atoms with Crippen molar-refractivity contribution < 1.29 is 22.3 Å². The number of nitrogen functional groups attached to an aromatic ring is 1. The molecule has 38 heavy (non-hydrogen) atoms. The van der Waals surface area contributed by atoms with Crippen molar-refractivity contribution >= 4 is 27.5 Å². The number of allylic oxidation sites excluding steroid dienone is 1. The van der Waals surface area contributed by atoms with E-state index >= 15 is 0 Å². The summed E-state index contributed by atoms with van der Waals surface area (Å²) in [7, 11) is -3.18. The van der Waals surface area contributed by atoms with E-state index in [0.29, 0.717) is 29.2 Å². The predicted octanol–water partition coefficient (Wildman–Crippen LogP) is 5.37. The van der Waals surface area contributed by atoms with Crippen LogP contribution in [0.25, 0.3) is 11.8 Å². The second-order valence-electron chi connectivity index (χ2n) is 9.59. The zero-order valence-corrected chi connectivity index (χ0v) is 22.0. The summed E-state index contributed by atoms with van der Waals surface area (Å²) in [6, 6.07) is 15.0. The number of Topliss-reactive ketones (excluding diaryl/α,β-unsaturated/α-hetero) is 1. The van der Waals surface area contributed by atoms with Gasteiger partial charge in [-0.15, -0.1) is 0 Å². The van der Waals surface area contributed by atoms with Gasteiger partial charge in [0.15, 0.2) is 15.6 Å². The van der Waals surface area contributed by atoms with Gasteiger partial charge < -0.3 is 10.5 Å². The molecule has 7 nitrogen and oxygen atoms in total. The van der Waals surface area contributed by atoms with Crippen LogP contribution in [0.4, 0.5) is 10.2 Å². The second kappa shape index (κ2) is 9.57. The molecule has 1 aliphatic carbocycles. The lowest BCUT2D eigenvalue weighted by molar-refractivity contribution is 0.103. The molecule has 0 spiro atoms. The van der Waals surface area contributed by atoms with Crippen molar-refractivity contribution in [3.8, 4) is 17.2 Å². The lowest BCUT2D eigenvalue weighted by Gasteiger charge is -2.11.